The van der Waals surface area contributed by atoms with Gasteiger partial charge in [-0.2, -0.15) is 0 Å². The van der Waals surface area contributed by atoms with Crippen molar-refractivity contribution in [3.63, 3.8) is 0 Å². The Morgan fingerprint density at radius 3 is 1.00 bits per heavy atom. The van der Waals surface area contributed by atoms with Crippen molar-refractivity contribution in [3.05, 3.63) is 0 Å². The van der Waals surface area contributed by atoms with Crippen LogP contribution in [-0.4, -0.2) is 101 Å². The van der Waals surface area contributed by atoms with Crippen LogP contribution in [0.3, 0.4) is 0 Å². The van der Waals surface area contributed by atoms with Crippen molar-refractivity contribution in [2.75, 3.05) is 0 Å². The van der Waals surface area contributed by atoms with Crippen molar-refractivity contribution in [2.45, 2.75) is 0 Å². The predicted octanol–water partition coefficient (Wildman–Crippen LogP) is -1.53. The molecule has 0 bridgehead atoms. The van der Waals surface area contributed by atoms with Crippen molar-refractivity contribution in [1.29, 1.82) is 0 Å². The van der Waals surface area contributed by atoms with Gasteiger partial charge in [0.1, 0.15) is 0 Å². The molecule has 0 atom stereocenters. The minimum atomic E-state index is 0. The third kappa shape index (κ3) is 18.2. The maximum atomic E-state index is 0. The van der Waals surface area contributed by atoms with E-state index in [2.05, 4.69) is 0 Å². The monoisotopic (exact) mass is 171 g/mol. The summed E-state index contributed by atoms with van der Waals surface area (Å²) in [5.74, 6) is 0. The molecule has 0 rings (SSSR count). The molecular weight excluding hydrogens is 171 g/mol. The molecular formula is CaFeMgNaSi. The average molecular weight is 171 g/mol. The van der Waals surface area contributed by atoms with E-state index in [1.807, 2.05) is 0 Å². The molecule has 17 valence electrons. The molecule has 9 radical (unpaired) electrons. The second-order valence-corrected chi connectivity index (χ2v) is 0. The van der Waals surface area contributed by atoms with Gasteiger partial charge in [-0.15, -0.1) is 0 Å². The van der Waals surface area contributed by atoms with Crippen LogP contribution in [0.15, 0.2) is 0 Å². The Morgan fingerprint density at radius 2 is 1.00 bits per heavy atom. The zero-order valence-corrected chi connectivity index (χ0v) is 11.0. The van der Waals surface area contributed by atoms with Crippen LogP contribution in [0.1, 0.15) is 0 Å². The van der Waals surface area contributed by atoms with Gasteiger partial charge in [-0.3, -0.25) is 0 Å². The number of hydrogen-bond acceptors (Lipinski definition) is 0. The van der Waals surface area contributed by atoms with Crippen molar-refractivity contribution >= 4 is 101 Å². The van der Waals surface area contributed by atoms with E-state index in [9.17, 15) is 0 Å². The van der Waals surface area contributed by atoms with E-state index in [1.165, 1.54) is 0 Å². The van der Waals surface area contributed by atoms with Gasteiger partial charge in [-0.25, -0.2) is 0 Å². The van der Waals surface area contributed by atoms with Gasteiger partial charge in [0, 0.05) is 118 Å². The van der Waals surface area contributed by atoms with Crippen LogP contribution in [0.5, 0.6) is 0 Å². The molecule has 5 heavy (non-hydrogen) atoms. The molecule has 0 fully saturated rings. The summed E-state index contributed by atoms with van der Waals surface area (Å²) in [5.41, 5.74) is 0. The molecule has 0 spiro atoms. The third-order valence-electron chi connectivity index (χ3n) is 0. The molecule has 0 amide bonds. The van der Waals surface area contributed by atoms with E-state index in [1.54, 1.807) is 0 Å². The van der Waals surface area contributed by atoms with E-state index in [4.69, 9.17) is 0 Å². The van der Waals surface area contributed by atoms with Crippen LogP contribution < -0.4 is 0 Å². The number of rotatable bonds is 0. The first-order chi connectivity index (χ1) is 0. The average Bonchev–Trinajstić information content (AvgIpc) is 0. The van der Waals surface area contributed by atoms with Crippen molar-refractivity contribution in [1.82, 2.24) is 0 Å². The standard InChI is InChI=1S/Ca.Fe.Mg.Na.Si. The van der Waals surface area contributed by atoms with Gasteiger partial charge in [0.2, 0.25) is 0 Å². The minimum absolute atomic E-state index is 0. The van der Waals surface area contributed by atoms with Crippen LogP contribution in [0.25, 0.3) is 0 Å². The fraction of sp³-hybridized carbons (Fsp3) is 0. The molecule has 0 aliphatic rings. The van der Waals surface area contributed by atoms with Gasteiger partial charge in [0.15, 0.2) is 0 Å². The van der Waals surface area contributed by atoms with Gasteiger partial charge < -0.3 is 0 Å². The zero-order chi connectivity index (χ0) is 0. The van der Waals surface area contributed by atoms with Crippen LogP contribution in [0.4, 0.5) is 0 Å². The molecule has 0 aliphatic carbocycles. The van der Waals surface area contributed by atoms with Crippen LogP contribution in [0, 0.1) is 0 Å². The quantitative estimate of drug-likeness (QED) is 0.388. The van der Waals surface area contributed by atoms with Gasteiger partial charge >= 0.3 is 0 Å². The smallest absolute Gasteiger partial charge is 0 e. The van der Waals surface area contributed by atoms with Crippen molar-refractivity contribution in [2.24, 2.45) is 0 Å². The van der Waals surface area contributed by atoms with E-state index >= 15 is 0 Å². The predicted molar refractivity (Wildman–Crippen MR) is 23.0 cm³/mol. The molecule has 0 nitrogen and oxygen atoms in total. The van der Waals surface area contributed by atoms with Crippen molar-refractivity contribution in [3.8, 4) is 0 Å². The Balaban J connectivity index is 0. The van der Waals surface area contributed by atoms with Gasteiger partial charge in [0.25, 0.3) is 0 Å². The summed E-state index contributed by atoms with van der Waals surface area (Å²) in [4.78, 5) is 0. The van der Waals surface area contributed by atoms with Crippen molar-refractivity contribution < 1.29 is 17.1 Å². The maximum Gasteiger partial charge on any atom is 0 e. The molecule has 0 saturated carbocycles. The minimum Gasteiger partial charge on any atom is 0 e. The molecule has 5 heteroatoms. The number of hydrogen-bond donors (Lipinski definition) is 0. The summed E-state index contributed by atoms with van der Waals surface area (Å²) in [7, 11) is 0. The van der Waals surface area contributed by atoms with Gasteiger partial charge in [-0.1, -0.05) is 0 Å². The SMILES string of the molecule is [Ca].[Fe].[Mg].[Na].[Si]. The topological polar surface area (TPSA) is 0 Å². The second-order valence-electron chi connectivity index (χ2n) is 0. The fourth-order valence-electron chi connectivity index (χ4n) is 0. The second kappa shape index (κ2) is 25.1. The Bertz CT molecular complexity index is 11.6. The summed E-state index contributed by atoms with van der Waals surface area (Å²) >= 11 is 0. The summed E-state index contributed by atoms with van der Waals surface area (Å²) < 4.78 is 0. The summed E-state index contributed by atoms with van der Waals surface area (Å²) in [6.07, 6.45) is 0. The summed E-state index contributed by atoms with van der Waals surface area (Å²) in [6, 6.07) is 0. The van der Waals surface area contributed by atoms with E-state index in [-0.39, 0.29) is 118 Å². The molecule has 0 aromatic heterocycles. The van der Waals surface area contributed by atoms with Crippen LogP contribution in [-0.2, 0) is 17.1 Å². The Labute approximate surface area is 116 Å². The Morgan fingerprint density at radius 1 is 1.00 bits per heavy atom. The molecule has 0 unspecified atom stereocenters. The summed E-state index contributed by atoms with van der Waals surface area (Å²) in [5, 5.41) is 0. The Kier molecular flexibility index (Phi) is 187. The van der Waals surface area contributed by atoms with Gasteiger partial charge in [0.05, 0.1) is 0 Å². The Hall–Kier alpha value is 3.76. The first-order valence-electron chi connectivity index (χ1n) is 0. The fourth-order valence-corrected chi connectivity index (χ4v) is 0. The maximum absolute atomic E-state index is 0. The third-order valence-corrected chi connectivity index (χ3v) is 0. The molecule has 0 aliphatic heterocycles. The molecule has 0 saturated heterocycles. The molecule has 0 N–H and O–H groups in total. The normalized spacial score (nSPS) is 0. The molecule has 0 aromatic carbocycles. The molecule has 0 heterocycles. The van der Waals surface area contributed by atoms with E-state index < -0.39 is 0 Å². The van der Waals surface area contributed by atoms with Crippen LogP contribution in [0.2, 0.25) is 0 Å². The van der Waals surface area contributed by atoms with Crippen LogP contribution >= 0.6 is 0 Å². The summed E-state index contributed by atoms with van der Waals surface area (Å²) in [6.45, 7) is 0. The first-order valence-corrected chi connectivity index (χ1v) is 0. The largest absolute Gasteiger partial charge is 0 e. The first kappa shape index (κ1) is 37.3. The van der Waals surface area contributed by atoms with E-state index in [0.717, 1.165) is 0 Å². The van der Waals surface area contributed by atoms with E-state index in [0.29, 0.717) is 0 Å². The van der Waals surface area contributed by atoms with Gasteiger partial charge in [-0.05, 0) is 0 Å². The zero-order valence-electron chi connectivity index (χ0n) is 3.27. The molecule has 0 aromatic rings.